The van der Waals surface area contributed by atoms with Crippen molar-refractivity contribution in [2.24, 2.45) is 0 Å². The maximum absolute atomic E-state index is 9.95. The summed E-state index contributed by atoms with van der Waals surface area (Å²) in [7, 11) is 0. The summed E-state index contributed by atoms with van der Waals surface area (Å²) < 4.78 is 2.28. The highest BCUT2D eigenvalue weighted by atomic mass is 35.5. The quantitative estimate of drug-likeness (QED) is 0.862. The van der Waals surface area contributed by atoms with Gasteiger partial charge in [-0.25, -0.2) is 0 Å². The van der Waals surface area contributed by atoms with Crippen molar-refractivity contribution in [1.29, 1.82) is 0 Å². The number of piperazine rings is 1. The maximum Gasteiger partial charge on any atom is 0.0682 e. The molecule has 0 saturated carbocycles. The molecule has 6 heteroatoms. The Kier molecular flexibility index (Phi) is 5.31. The van der Waals surface area contributed by atoms with E-state index in [4.69, 9.17) is 23.2 Å². The van der Waals surface area contributed by atoms with Gasteiger partial charge in [0.1, 0.15) is 0 Å². The lowest BCUT2D eigenvalue weighted by Crippen LogP contribution is -2.54. The predicted molar refractivity (Wildman–Crippen MR) is 106 cm³/mol. The summed E-state index contributed by atoms with van der Waals surface area (Å²) in [5.41, 5.74) is 2.45. The molecule has 1 aromatic heterocycles. The number of benzene rings is 1. The molecular formula is C20H25Cl2N3O. The molecule has 4 rings (SSSR count). The second-order valence-electron chi connectivity index (χ2n) is 7.65. The van der Waals surface area contributed by atoms with Crippen LogP contribution >= 0.6 is 23.2 Å². The highest BCUT2D eigenvalue weighted by Gasteiger charge is 2.38. The fourth-order valence-electron chi connectivity index (χ4n) is 4.29. The molecular weight excluding hydrogens is 369 g/mol. The van der Waals surface area contributed by atoms with Crippen molar-refractivity contribution in [2.45, 2.75) is 44.6 Å². The molecule has 3 heterocycles. The number of hydrogen-bond acceptors (Lipinski definition) is 3. The first-order valence-corrected chi connectivity index (χ1v) is 9.99. The molecule has 0 amide bonds. The lowest BCUT2D eigenvalue weighted by Gasteiger charge is -2.42. The fraction of sp³-hybridized carbons (Fsp3) is 0.500. The highest BCUT2D eigenvalue weighted by Crippen LogP contribution is 2.27. The Morgan fingerprint density at radius 3 is 2.73 bits per heavy atom. The van der Waals surface area contributed by atoms with Gasteiger partial charge >= 0.3 is 0 Å². The highest BCUT2D eigenvalue weighted by molar-refractivity contribution is 6.42. The first-order chi connectivity index (χ1) is 12.5. The van der Waals surface area contributed by atoms with Gasteiger partial charge in [0.2, 0.25) is 0 Å². The summed E-state index contributed by atoms with van der Waals surface area (Å²) >= 11 is 12.2. The van der Waals surface area contributed by atoms with Crippen molar-refractivity contribution in [2.75, 3.05) is 19.6 Å². The van der Waals surface area contributed by atoms with Gasteiger partial charge in [-0.2, -0.15) is 0 Å². The number of fused-ring (bicyclic) bond motifs is 1. The van der Waals surface area contributed by atoms with Crippen LogP contribution in [0.5, 0.6) is 0 Å². The maximum atomic E-state index is 9.95. The molecule has 2 aromatic rings. The monoisotopic (exact) mass is 393 g/mol. The second kappa shape index (κ2) is 7.53. The molecule has 2 aliphatic heterocycles. The lowest BCUT2D eigenvalue weighted by atomic mass is 10.1. The normalized spacial score (nSPS) is 27.0. The van der Waals surface area contributed by atoms with E-state index >= 15 is 0 Å². The third-order valence-electron chi connectivity index (χ3n) is 5.70. The molecule has 0 bridgehead atoms. The van der Waals surface area contributed by atoms with Crippen LogP contribution in [0.4, 0.5) is 0 Å². The molecule has 1 aromatic carbocycles. The minimum absolute atomic E-state index is 0.161. The second-order valence-corrected chi connectivity index (χ2v) is 8.47. The first kappa shape index (κ1) is 18.3. The molecule has 26 heavy (non-hydrogen) atoms. The van der Waals surface area contributed by atoms with E-state index < -0.39 is 0 Å². The van der Waals surface area contributed by atoms with Gasteiger partial charge in [0, 0.05) is 56.7 Å². The molecule has 2 saturated heterocycles. The summed E-state index contributed by atoms with van der Waals surface area (Å²) in [5.74, 6) is 0. The standard InChI is InChI=1S/C20H25Cl2N3O/c1-14-9-25-13-18(26)8-17(25)12-24(14)11-16-3-2-6-23(16)10-15-4-5-19(21)20(22)7-15/h2-7,14,17-18,26H,8-13H2,1H3/t14-,17+,18-/m1/s1. The van der Waals surface area contributed by atoms with Gasteiger partial charge in [0.25, 0.3) is 0 Å². The summed E-state index contributed by atoms with van der Waals surface area (Å²) in [6.45, 7) is 6.89. The van der Waals surface area contributed by atoms with E-state index in [0.717, 1.165) is 44.7 Å². The van der Waals surface area contributed by atoms with E-state index in [1.807, 2.05) is 18.2 Å². The molecule has 0 radical (unpaired) electrons. The molecule has 1 N–H and O–H groups in total. The Hall–Kier alpha value is -1.04. The zero-order valence-electron chi connectivity index (χ0n) is 15.0. The SMILES string of the molecule is C[C@@H]1CN2C[C@H](O)C[C@H]2CN1Cc1cccn1Cc1ccc(Cl)c(Cl)c1. The fourth-order valence-corrected chi connectivity index (χ4v) is 4.61. The van der Waals surface area contributed by atoms with E-state index in [1.54, 1.807) is 0 Å². The molecule has 0 unspecified atom stereocenters. The topological polar surface area (TPSA) is 31.6 Å². The number of nitrogens with zero attached hydrogens (tertiary/aromatic N) is 3. The van der Waals surface area contributed by atoms with E-state index in [-0.39, 0.29) is 6.10 Å². The smallest absolute Gasteiger partial charge is 0.0682 e. The lowest BCUT2D eigenvalue weighted by molar-refractivity contribution is 0.0514. The van der Waals surface area contributed by atoms with Crippen LogP contribution in [0.1, 0.15) is 24.6 Å². The van der Waals surface area contributed by atoms with Gasteiger partial charge in [0.05, 0.1) is 16.1 Å². The molecule has 3 atom stereocenters. The van der Waals surface area contributed by atoms with Crippen molar-refractivity contribution in [1.82, 2.24) is 14.4 Å². The van der Waals surface area contributed by atoms with E-state index in [1.165, 1.54) is 5.69 Å². The Morgan fingerprint density at radius 1 is 1.08 bits per heavy atom. The minimum atomic E-state index is -0.161. The first-order valence-electron chi connectivity index (χ1n) is 9.23. The molecule has 4 nitrogen and oxygen atoms in total. The third-order valence-corrected chi connectivity index (χ3v) is 6.44. The van der Waals surface area contributed by atoms with Crippen LogP contribution in [-0.2, 0) is 13.1 Å². The van der Waals surface area contributed by atoms with Gasteiger partial charge < -0.3 is 9.67 Å². The Bertz CT molecular complexity index is 778. The van der Waals surface area contributed by atoms with Gasteiger partial charge in [-0.1, -0.05) is 29.3 Å². The number of aliphatic hydroxyl groups is 1. The van der Waals surface area contributed by atoms with Gasteiger partial charge in [-0.3, -0.25) is 9.80 Å². The number of rotatable bonds is 4. The molecule has 2 aliphatic rings. The number of aromatic nitrogens is 1. The van der Waals surface area contributed by atoms with Crippen LogP contribution in [-0.4, -0.2) is 57.3 Å². The van der Waals surface area contributed by atoms with E-state index in [2.05, 4.69) is 39.6 Å². The molecule has 0 spiro atoms. The molecule has 140 valence electrons. The van der Waals surface area contributed by atoms with Gasteiger partial charge in [0.15, 0.2) is 0 Å². The van der Waals surface area contributed by atoms with E-state index in [9.17, 15) is 5.11 Å². The van der Waals surface area contributed by atoms with Gasteiger partial charge in [-0.15, -0.1) is 0 Å². The van der Waals surface area contributed by atoms with Crippen molar-refractivity contribution in [3.63, 3.8) is 0 Å². The Morgan fingerprint density at radius 2 is 1.92 bits per heavy atom. The number of halogens is 2. The van der Waals surface area contributed by atoms with Crippen LogP contribution in [0.2, 0.25) is 10.0 Å². The van der Waals surface area contributed by atoms with Crippen LogP contribution in [0.3, 0.4) is 0 Å². The summed E-state index contributed by atoms with van der Waals surface area (Å²) in [6.07, 6.45) is 2.86. The predicted octanol–water partition coefficient (Wildman–Crippen LogP) is 3.48. The largest absolute Gasteiger partial charge is 0.392 e. The average molecular weight is 394 g/mol. The minimum Gasteiger partial charge on any atom is -0.392 e. The number of aliphatic hydroxyl groups excluding tert-OH is 1. The van der Waals surface area contributed by atoms with Crippen LogP contribution in [0, 0.1) is 0 Å². The van der Waals surface area contributed by atoms with E-state index in [0.29, 0.717) is 22.1 Å². The Labute approximate surface area is 164 Å². The zero-order chi connectivity index (χ0) is 18.3. The molecule has 0 aliphatic carbocycles. The zero-order valence-corrected chi connectivity index (χ0v) is 16.5. The van der Waals surface area contributed by atoms with Crippen molar-refractivity contribution in [3.05, 3.63) is 57.8 Å². The number of hydrogen-bond donors (Lipinski definition) is 1. The molecule has 2 fully saturated rings. The van der Waals surface area contributed by atoms with Crippen LogP contribution < -0.4 is 0 Å². The van der Waals surface area contributed by atoms with Gasteiger partial charge in [-0.05, 0) is 43.2 Å². The summed E-state index contributed by atoms with van der Waals surface area (Å²) in [4.78, 5) is 4.99. The van der Waals surface area contributed by atoms with Crippen molar-refractivity contribution in [3.8, 4) is 0 Å². The summed E-state index contributed by atoms with van der Waals surface area (Å²) in [5, 5.41) is 11.1. The average Bonchev–Trinajstić information content (AvgIpc) is 3.17. The van der Waals surface area contributed by atoms with Crippen LogP contribution in [0.15, 0.2) is 36.5 Å². The van der Waals surface area contributed by atoms with Crippen molar-refractivity contribution >= 4 is 23.2 Å². The third kappa shape index (κ3) is 3.80. The van der Waals surface area contributed by atoms with Crippen LogP contribution in [0.25, 0.3) is 0 Å². The van der Waals surface area contributed by atoms with Crippen molar-refractivity contribution < 1.29 is 5.11 Å². The summed E-state index contributed by atoms with van der Waals surface area (Å²) in [6, 6.07) is 11.1. The Balaban J connectivity index is 1.46.